The summed E-state index contributed by atoms with van der Waals surface area (Å²) in [6.07, 6.45) is 0. The summed E-state index contributed by atoms with van der Waals surface area (Å²) < 4.78 is 23.5. The van der Waals surface area contributed by atoms with Crippen molar-refractivity contribution in [1.29, 1.82) is 0 Å². The van der Waals surface area contributed by atoms with Gasteiger partial charge < -0.3 is 0 Å². The van der Waals surface area contributed by atoms with Crippen LogP contribution in [0.5, 0.6) is 0 Å². The molecule has 0 saturated carbocycles. The van der Waals surface area contributed by atoms with Crippen molar-refractivity contribution in [3.05, 3.63) is 28.7 Å². The van der Waals surface area contributed by atoms with Gasteiger partial charge in [0, 0.05) is 4.47 Å². The second kappa shape index (κ2) is 3.58. The molecule has 0 aliphatic heterocycles. The van der Waals surface area contributed by atoms with E-state index < -0.39 is 9.84 Å². The van der Waals surface area contributed by atoms with Crippen LogP contribution in [0.3, 0.4) is 0 Å². The van der Waals surface area contributed by atoms with Crippen molar-refractivity contribution in [2.75, 3.05) is 5.75 Å². The van der Waals surface area contributed by atoms with Gasteiger partial charge in [-0.05, 0) is 18.2 Å². The molecule has 0 bridgehead atoms. The molecule has 2 nitrogen and oxygen atoms in total. The first-order valence-corrected chi connectivity index (χ1v) is 5.99. The topological polar surface area (TPSA) is 34.1 Å². The van der Waals surface area contributed by atoms with Crippen LogP contribution in [0.1, 0.15) is 6.92 Å². The number of halogens is 1. The molecule has 0 aliphatic carbocycles. The Labute approximate surface area is 80.7 Å². The molecule has 1 rings (SSSR count). The van der Waals surface area contributed by atoms with Crippen LogP contribution < -0.4 is 0 Å². The van der Waals surface area contributed by atoms with Crippen LogP contribution in [-0.4, -0.2) is 14.2 Å². The first-order chi connectivity index (χ1) is 5.56. The lowest BCUT2D eigenvalue weighted by atomic mass is 10.4. The third kappa shape index (κ3) is 2.08. The minimum absolute atomic E-state index is 0.142. The highest BCUT2D eigenvalue weighted by Crippen LogP contribution is 2.16. The first kappa shape index (κ1) is 9.74. The van der Waals surface area contributed by atoms with E-state index in [9.17, 15) is 8.42 Å². The smallest absolute Gasteiger partial charge is 0.178 e. The predicted molar refractivity (Wildman–Crippen MR) is 51.9 cm³/mol. The summed E-state index contributed by atoms with van der Waals surface area (Å²) in [5.74, 6) is 0.142. The number of benzene rings is 1. The Morgan fingerprint density at radius 3 is 2.58 bits per heavy atom. The lowest BCUT2D eigenvalue weighted by Crippen LogP contribution is -2.02. The molecule has 66 valence electrons. The van der Waals surface area contributed by atoms with E-state index in [1.807, 2.05) is 0 Å². The molecular weight excluding hydrogens is 240 g/mol. The summed E-state index contributed by atoms with van der Waals surface area (Å²) in [5, 5.41) is 0. The van der Waals surface area contributed by atoms with Crippen LogP contribution in [0.15, 0.2) is 33.6 Å². The first-order valence-electron chi connectivity index (χ1n) is 3.54. The van der Waals surface area contributed by atoms with Crippen molar-refractivity contribution in [2.45, 2.75) is 11.8 Å². The predicted octanol–water partition coefficient (Wildman–Crippen LogP) is 2.24. The Hall–Kier alpha value is -0.350. The Bertz CT molecular complexity index is 370. The molecule has 12 heavy (non-hydrogen) atoms. The van der Waals surface area contributed by atoms with Gasteiger partial charge in [0.2, 0.25) is 0 Å². The van der Waals surface area contributed by atoms with Crippen molar-refractivity contribution in [3.8, 4) is 0 Å². The molecule has 0 radical (unpaired) electrons. The molecule has 0 spiro atoms. The summed E-state index contributed by atoms with van der Waals surface area (Å²) in [6.45, 7) is 1.64. The van der Waals surface area contributed by atoms with Crippen molar-refractivity contribution < 1.29 is 8.42 Å². The van der Waals surface area contributed by atoms with Crippen molar-refractivity contribution in [2.24, 2.45) is 0 Å². The van der Waals surface area contributed by atoms with E-state index >= 15 is 0 Å². The van der Waals surface area contributed by atoms with Crippen LogP contribution in [0, 0.1) is 0 Å². The number of hydrogen-bond acceptors (Lipinski definition) is 2. The summed E-state index contributed by atoms with van der Waals surface area (Å²) in [7, 11) is -3.05. The maximum atomic E-state index is 11.3. The Kier molecular flexibility index (Phi) is 2.90. The molecule has 0 N–H and O–H groups in total. The van der Waals surface area contributed by atoms with Gasteiger partial charge in [-0.3, -0.25) is 0 Å². The SMILES string of the molecule is CCS(=O)(=O)c1cccc(Br)c1. The standard InChI is InChI=1S/C8H9BrO2S/c1-2-12(10,11)8-5-3-4-7(9)6-8/h3-6H,2H2,1H3. The van der Waals surface area contributed by atoms with Crippen LogP contribution in [0.2, 0.25) is 0 Å². The average molecular weight is 249 g/mol. The minimum Gasteiger partial charge on any atom is -0.224 e. The molecule has 0 amide bonds. The van der Waals surface area contributed by atoms with Crippen molar-refractivity contribution in [3.63, 3.8) is 0 Å². The largest absolute Gasteiger partial charge is 0.224 e. The highest BCUT2D eigenvalue weighted by atomic mass is 79.9. The lowest BCUT2D eigenvalue weighted by Gasteiger charge is -2.00. The second-order valence-electron chi connectivity index (χ2n) is 2.36. The maximum Gasteiger partial charge on any atom is 0.178 e. The fourth-order valence-corrected chi connectivity index (χ4v) is 2.30. The van der Waals surface area contributed by atoms with Gasteiger partial charge in [-0.15, -0.1) is 0 Å². The van der Waals surface area contributed by atoms with Crippen LogP contribution in [0.25, 0.3) is 0 Å². The van der Waals surface area contributed by atoms with E-state index in [2.05, 4.69) is 15.9 Å². The van der Waals surface area contributed by atoms with Gasteiger partial charge in [0.1, 0.15) is 0 Å². The van der Waals surface area contributed by atoms with E-state index in [0.717, 1.165) is 4.47 Å². The zero-order valence-electron chi connectivity index (χ0n) is 6.62. The van der Waals surface area contributed by atoms with E-state index in [4.69, 9.17) is 0 Å². The number of sulfone groups is 1. The molecule has 0 unspecified atom stereocenters. The molecule has 4 heteroatoms. The van der Waals surface area contributed by atoms with E-state index in [1.165, 1.54) is 0 Å². The highest BCUT2D eigenvalue weighted by molar-refractivity contribution is 9.10. The van der Waals surface area contributed by atoms with Gasteiger partial charge in [0.05, 0.1) is 10.6 Å². The van der Waals surface area contributed by atoms with Gasteiger partial charge in [-0.25, -0.2) is 8.42 Å². The van der Waals surface area contributed by atoms with Gasteiger partial charge >= 0.3 is 0 Å². The Balaban J connectivity index is 3.21. The molecule has 0 aromatic heterocycles. The normalized spacial score (nSPS) is 11.5. The fourth-order valence-electron chi connectivity index (χ4n) is 0.827. The highest BCUT2D eigenvalue weighted by Gasteiger charge is 2.10. The van der Waals surface area contributed by atoms with Gasteiger partial charge in [0.15, 0.2) is 9.84 Å². The second-order valence-corrected chi connectivity index (χ2v) is 5.55. The molecule has 1 aromatic rings. The van der Waals surface area contributed by atoms with Crippen LogP contribution in [0.4, 0.5) is 0 Å². The minimum atomic E-state index is -3.05. The third-order valence-electron chi connectivity index (χ3n) is 1.54. The molecule has 0 aliphatic rings. The molecule has 0 saturated heterocycles. The fraction of sp³-hybridized carbons (Fsp3) is 0.250. The third-order valence-corrected chi connectivity index (χ3v) is 3.76. The number of hydrogen-bond donors (Lipinski definition) is 0. The van der Waals surface area contributed by atoms with E-state index in [1.54, 1.807) is 31.2 Å². The monoisotopic (exact) mass is 248 g/mol. The zero-order valence-corrected chi connectivity index (χ0v) is 9.02. The zero-order chi connectivity index (χ0) is 9.19. The molecule has 0 heterocycles. The van der Waals surface area contributed by atoms with Gasteiger partial charge in [0.25, 0.3) is 0 Å². The summed E-state index contributed by atoms with van der Waals surface area (Å²) in [6, 6.07) is 6.73. The van der Waals surface area contributed by atoms with E-state index in [0.29, 0.717) is 4.90 Å². The molecule has 0 fully saturated rings. The molecule has 0 atom stereocenters. The van der Waals surface area contributed by atoms with Crippen LogP contribution in [-0.2, 0) is 9.84 Å². The summed E-state index contributed by atoms with van der Waals surface area (Å²) in [5.41, 5.74) is 0. The summed E-state index contributed by atoms with van der Waals surface area (Å²) in [4.78, 5) is 0.374. The molecular formula is C8H9BrO2S. The molecule has 1 aromatic carbocycles. The Morgan fingerprint density at radius 2 is 2.08 bits per heavy atom. The maximum absolute atomic E-state index is 11.3. The van der Waals surface area contributed by atoms with Gasteiger partial charge in [-0.1, -0.05) is 28.9 Å². The van der Waals surface area contributed by atoms with Crippen LogP contribution >= 0.6 is 15.9 Å². The Morgan fingerprint density at radius 1 is 1.42 bits per heavy atom. The van der Waals surface area contributed by atoms with Gasteiger partial charge in [-0.2, -0.15) is 0 Å². The lowest BCUT2D eigenvalue weighted by molar-refractivity contribution is 0.597. The van der Waals surface area contributed by atoms with Crippen molar-refractivity contribution in [1.82, 2.24) is 0 Å². The number of rotatable bonds is 2. The quantitative estimate of drug-likeness (QED) is 0.805. The van der Waals surface area contributed by atoms with E-state index in [-0.39, 0.29) is 5.75 Å². The van der Waals surface area contributed by atoms with Crippen molar-refractivity contribution >= 4 is 25.8 Å². The average Bonchev–Trinajstić information content (AvgIpc) is 2.05. The summed E-state index contributed by atoms with van der Waals surface area (Å²) >= 11 is 3.22.